The quantitative estimate of drug-likeness (QED) is 0.759. The lowest BCUT2D eigenvalue weighted by Crippen LogP contribution is -2.31. The molecule has 0 aromatic heterocycles. The fourth-order valence-corrected chi connectivity index (χ4v) is 2.58. The Balaban J connectivity index is 1.47. The molecule has 0 radical (unpaired) electrons. The van der Waals surface area contributed by atoms with Gasteiger partial charge in [0.2, 0.25) is 5.91 Å². The van der Waals surface area contributed by atoms with Gasteiger partial charge in [0.1, 0.15) is 5.82 Å². The first-order chi connectivity index (χ1) is 10.1. The number of nitrogens with one attached hydrogen (secondary N) is 1. The molecule has 0 bridgehead atoms. The van der Waals surface area contributed by atoms with E-state index in [4.69, 9.17) is 5.73 Å². The Kier molecular flexibility index (Phi) is 4.10. The second kappa shape index (κ2) is 6.02. The van der Waals surface area contributed by atoms with Crippen molar-refractivity contribution in [3.63, 3.8) is 0 Å². The minimum atomic E-state index is -0.461. The van der Waals surface area contributed by atoms with Crippen LogP contribution >= 0.6 is 0 Å². The summed E-state index contributed by atoms with van der Waals surface area (Å²) in [5.74, 6) is 0.352. The van der Waals surface area contributed by atoms with Crippen LogP contribution in [0.4, 0.5) is 15.8 Å². The summed E-state index contributed by atoms with van der Waals surface area (Å²) in [6, 6.07) is 4.96. The van der Waals surface area contributed by atoms with Gasteiger partial charge in [0, 0.05) is 31.2 Å². The third kappa shape index (κ3) is 4.17. The van der Waals surface area contributed by atoms with Crippen molar-refractivity contribution < 1.29 is 9.18 Å². The molecule has 1 aromatic carbocycles. The van der Waals surface area contributed by atoms with Gasteiger partial charge < -0.3 is 11.1 Å². The van der Waals surface area contributed by atoms with Crippen molar-refractivity contribution in [2.45, 2.75) is 38.1 Å². The number of carbonyl (C=O) groups is 1. The van der Waals surface area contributed by atoms with Crippen LogP contribution in [0.15, 0.2) is 18.2 Å². The summed E-state index contributed by atoms with van der Waals surface area (Å²) in [5, 5.41) is 2.78. The third-order valence-corrected chi connectivity index (χ3v) is 4.16. The second-order valence-corrected chi connectivity index (χ2v) is 6.20. The first kappa shape index (κ1) is 14.3. The van der Waals surface area contributed by atoms with E-state index in [-0.39, 0.29) is 11.6 Å². The van der Waals surface area contributed by atoms with Gasteiger partial charge in [0.25, 0.3) is 0 Å². The average Bonchev–Trinajstić information content (AvgIpc) is 3.31. The van der Waals surface area contributed by atoms with Crippen LogP contribution in [0, 0.1) is 11.7 Å². The summed E-state index contributed by atoms with van der Waals surface area (Å²) in [6.07, 6.45) is 5.68. The lowest BCUT2D eigenvalue weighted by molar-refractivity contribution is -0.116. The number of nitrogens with two attached hydrogens (primary N) is 1. The number of hydrogen-bond acceptors (Lipinski definition) is 3. The number of halogens is 1. The predicted molar refractivity (Wildman–Crippen MR) is 81.4 cm³/mol. The molecule has 1 amide bonds. The zero-order valence-electron chi connectivity index (χ0n) is 12.1. The minimum Gasteiger partial charge on any atom is -0.396 e. The maximum absolute atomic E-state index is 13.1. The first-order valence-corrected chi connectivity index (χ1v) is 7.71. The number of anilines is 2. The fraction of sp³-hybridized carbons (Fsp3) is 0.562. The van der Waals surface area contributed by atoms with E-state index in [1.54, 1.807) is 0 Å². The van der Waals surface area contributed by atoms with E-state index in [9.17, 15) is 9.18 Å². The summed E-state index contributed by atoms with van der Waals surface area (Å²) in [4.78, 5) is 14.4. The lowest BCUT2D eigenvalue weighted by Gasteiger charge is -2.21. The number of carbonyl (C=O) groups excluding carboxylic acids is 1. The van der Waals surface area contributed by atoms with Crippen LogP contribution in [0.2, 0.25) is 0 Å². The van der Waals surface area contributed by atoms with Crippen molar-refractivity contribution in [3.05, 3.63) is 24.0 Å². The van der Waals surface area contributed by atoms with Crippen LogP contribution in [-0.4, -0.2) is 29.9 Å². The topological polar surface area (TPSA) is 58.4 Å². The molecule has 3 N–H and O–H groups in total. The van der Waals surface area contributed by atoms with Crippen LogP contribution < -0.4 is 11.1 Å². The van der Waals surface area contributed by atoms with Crippen LogP contribution in [0.25, 0.3) is 0 Å². The standard InChI is InChI=1S/C16H22FN3O/c17-14-6-3-12(9-15(14)18)19-16(21)7-8-20(13-4-5-13)10-11-1-2-11/h3,6,9,11,13H,1-2,4-5,7-8,10,18H2,(H,19,21). The van der Waals surface area contributed by atoms with Gasteiger partial charge in [-0.3, -0.25) is 9.69 Å². The summed E-state index contributed by atoms with van der Waals surface area (Å²) in [7, 11) is 0. The number of nitrogen functional groups attached to an aromatic ring is 1. The molecular formula is C16H22FN3O. The van der Waals surface area contributed by atoms with Crippen molar-refractivity contribution in [2.24, 2.45) is 5.92 Å². The van der Waals surface area contributed by atoms with Crippen molar-refractivity contribution in [1.82, 2.24) is 4.90 Å². The second-order valence-electron chi connectivity index (χ2n) is 6.20. The monoisotopic (exact) mass is 291 g/mol. The summed E-state index contributed by atoms with van der Waals surface area (Å²) in [6.45, 7) is 1.95. The van der Waals surface area contributed by atoms with Crippen LogP contribution in [-0.2, 0) is 4.79 Å². The molecule has 0 unspecified atom stereocenters. The molecular weight excluding hydrogens is 269 g/mol. The molecule has 3 rings (SSSR count). The molecule has 114 valence electrons. The number of nitrogens with zero attached hydrogens (tertiary/aromatic N) is 1. The van der Waals surface area contributed by atoms with Gasteiger partial charge in [-0.25, -0.2) is 4.39 Å². The molecule has 21 heavy (non-hydrogen) atoms. The molecule has 5 heteroatoms. The Bertz CT molecular complexity index is 526. The fourth-order valence-electron chi connectivity index (χ4n) is 2.58. The van der Waals surface area contributed by atoms with E-state index in [1.165, 1.54) is 43.9 Å². The van der Waals surface area contributed by atoms with Crippen molar-refractivity contribution in [3.8, 4) is 0 Å². The van der Waals surface area contributed by atoms with Gasteiger partial charge in [0.15, 0.2) is 0 Å². The highest BCUT2D eigenvalue weighted by molar-refractivity contribution is 5.91. The Morgan fingerprint density at radius 3 is 2.71 bits per heavy atom. The maximum Gasteiger partial charge on any atom is 0.225 e. The largest absolute Gasteiger partial charge is 0.396 e. The normalized spacial score (nSPS) is 18.0. The zero-order chi connectivity index (χ0) is 14.8. The van der Waals surface area contributed by atoms with Gasteiger partial charge in [-0.05, 0) is 49.8 Å². The van der Waals surface area contributed by atoms with Crippen molar-refractivity contribution >= 4 is 17.3 Å². The van der Waals surface area contributed by atoms with Gasteiger partial charge >= 0.3 is 0 Å². The Labute approximate surface area is 124 Å². The SMILES string of the molecule is Nc1cc(NC(=O)CCN(CC2CC2)C2CC2)ccc1F. The Morgan fingerprint density at radius 1 is 1.33 bits per heavy atom. The molecule has 0 heterocycles. The molecule has 1 aromatic rings. The molecule has 0 aliphatic heterocycles. The highest BCUT2D eigenvalue weighted by Crippen LogP contribution is 2.34. The molecule has 0 atom stereocenters. The molecule has 2 fully saturated rings. The Hall–Kier alpha value is -1.62. The number of benzene rings is 1. The summed E-state index contributed by atoms with van der Waals surface area (Å²) in [5.41, 5.74) is 6.11. The number of rotatable bonds is 7. The molecule has 0 spiro atoms. The van der Waals surface area contributed by atoms with E-state index < -0.39 is 5.82 Å². The summed E-state index contributed by atoms with van der Waals surface area (Å²) >= 11 is 0. The van der Waals surface area contributed by atoms with Gasteiger partial charge in [-0.2, -0.15) is 0 Å². The smallest absolute Gasteiger partial charge is 0.225 e. The maximum atomic E-state index is 13.1. The van der Waals surface area contributed by atoms with Crippen LogP contribution in [0.5, 0.6) is 0 Å². The highest BCUT2D eigenvalue weighted by atomic mass is 19.1. The minimum absolute atomic E-state index is 0.0394. The van der Waals surface area contributed by atoms with E-state index in [0.29, 0.717) is 18.2 Å². The van der Waals surface area contributed by atoms with Crippen LogP contribution in [0.1, 0.15) is 32.1 Å². The van der Waals surface area contributed by atoms with E-state index >= 15 is 0 Å². The molecule has 4 nitrogen and oxygen atoms in total. The van der Waals surface area contributed by atoms with Gasteiger partial charge in [-0.15, -0.1) is 0 Å². The lowest BCUT2D eigenvalue weighted by atomic mass is 10.2. The summed E-state index contributed by atoms with van der Waals surface area (Å²) < 4.78 is 13.1. The van der Waals surface area contributed by atoms with Crippen molar-refractivity contribution in [2.75, 3.05) is 24.1 Å². The molecule has 2 aliphatic carbocycles. The van der Waals surface area contributed by atoms with E-state index in [0.717, 1.165) is 19.0 Å². The zero-order valence-corrected chi connectivity index (χ0v) is 12.1. The molecule has 2 aliphatic rings. The van der Waals surface area contributed by atoms with Crippen LogP contribution in [0.3, 0.4) is 0 Å². The molecule has 0 saturated heterocycles. The van der Waals surface area contributed by atoms with Crippen molar-refractivity contribution in [1.29, 1.82) is 0 Å². The predicted octanol–water partition coefficient (Wildman–Crippen LogP) is 2.61. The van der Waals surface area contributed by atoms with E-state index in [2.05, 4.69) is 10.2 Å². The number of hydrogen-bond donors (Lipinski definition) is 2. The number of amides is 1. The first-order valence-electron chi connectivity index (χ1n) is 7.71. The van der Waals surface area contributed by atoms with Gasteiger partial charge in [-0.1, -0.05) is 0 Å². The van der Waals surface area contributed by atoms with Gasteiger partial charge in [0.05, 0.1) is 5.69 Å². The molecule has 2 saturated carbocycles. The van der Waals surface area contributed by atoms with E-state index in [1.807, 2.05) is 0 Å². The Morgan fingerprint density at radius 2 is 2.10 bits per heavy atom. The average molecular weight is 291 g/mol. The third-order valence-electron chi connectivity index (χ3n) is 4.16. The highest BCUT2D eigenvalue weighted by Gasteiger charge is 2.33.